The van der Waals surface area contributed by atoms with Gasteiger partial charge in [-0.1, -0.05) is 0 Å². The molecule has 0 radical (unpaired) electrons. The fourth-order valence-electron chi connectivity index (χ4n) is 3.03. The lowest BCUT2D eigenvalue weighted by molar-refractivity contribution is -0.141. The highest BCUT2D eigenvalue weighted by Crippen LogP contribution is 2.30. The van der Waals surface area contributed by atoms with Gasteiger partial charge in [0.15, 0.2) is 0 Å². The van der Waals surface area contributed by atoms with E-state index in [1.807, 2.05) is 30.0 Å². The number of alkyl halides is 3. The van der Waals surface area contributed by atoms with Crippen molar-refractivity contribution < 1.29 is 22.7 Å². The molecule has 0 bridgehead atoms. The summed E-state index contributed by atoms with van der Waals surface area (Å²) < 4.78 is 43.4. The van der Waals surface area contributed by atoms with Gasteiger partial charge < -0.3 is 20.3 Å². The molecule has 1 aliphatic rings. The largest absolute Gasteiger partial charge is 0.433 e. The first-order valence-corrected chi connectivity index (χ1v) is 9.14. The van der Waals surface area contributed by atoms with Crippen LogP contribution in [0.1, 0.15) is 5.69 Å². The second-order valence-electron chi connectivity index (χ2n) is 6.28. The minimum Gasteiger partial charge on any atom is -0.385 e. The van der Waals surface area contributed by atoms with Crippen LogP contribution in [0.2, 0.25) is 0 Å². The molecule has 0 unspecified atom stereocenters. The van der Waals surface area contributed by atoms with Crippen LogP contribution in [0.5, 0.6) is 0 Å². The van der Waals surface area contributed by atoms with Gasteiger partial charge >= 0.3 is 6.18 Å². The number of hydrogen-bond donors (Lipinski definition) is 2. The molecule has 30 heavy (non-hydrogen) atoms. The van der Waals surface area contributed by atoms with Gasteiger partial charge in [-0.2, -0.15) is 18.3 Å². The van der Waals surface area contributed by atoms with Crippen molar-refractivity contribution in [1.82, 2.24) is 14.6 Å². The van der Waals surface area contributed by atoms with E-state index in [9.17, 15) is 18.0 Å². The van der Waals surface area contributed by atoms with E-state index < -0.39 is 11.9 Å². The molecule has 0 aromatic carbocycles. The fraction of sp³-hybridized carbons (Fsp3) is 0.316. The van der Waals surface area contributed by atoms with Crippen LogP contribution in [0.3, 0.4) is 0 Å². The van der Waals surface area contributed by atoms with Gasteiger partial charge in [0.1, 0.15) is 5.69 Å². The Balaban J connectivity index is 0.000000178. The Labute approximate surface area is 170 Å². The summed E-state index contributed by atoms with van der Waals surface area (Å²) in [6.07, 6.45) is 0.640. The molecule has 3 aromatic heterocycles. The predicted molar refractivity (Wildman–Crippen MR) is 107 cm³/mol. The van der Waals surface area contributed by atoms with Gasteiger partial charge in [-0.3, -0.25) is 9.78 Å². The molecule has 2 N–H and O–H groups in total. The minimum absolute atomic E-state index is 0.0670. The highest BCUT2D eigenvalue weighted by Gasteiger charge is 2.32. The third-order valence-electron chi connectivity index (χ3n) is 4.41. The van der Waals surface area contributed by atoms with Crippen molar-refractivity contribution in [3.05, 3.63) is 48.5 Å². The molecule has 3 aromatic rings. The lowest BCUT2D eigenvalue weighted by atomic mass is 10.2. The molecule has 4 rings (SSSR count). The van der Waals surface area contributed by atoms with Gasteiger partial charge in [0.2, 0.25) is 6.41 Å². The van der Waals surface area contributed by atoms with Crippen LogP contribution < -0.4 is 15.5 Å². The number of carbonyl (C=O) groups is 1. The van der Waals surface area contributed by atoms with E-state index in [2.05, 4.69) is 31.7 Å². The number of ether oxygens (including phenoxy) is 1. The first-order valence-electron chi connectivity index (χ1n) is 9.14. The molecule has 0 spiro atoms. The molecule has 1 saturated heterocycles. The molecule has 1 fully saturated rings. The van der Waals surface area contributed by atoms with E-state index in [0.29, 0.717) is 6.41 Å². The zero-order chi connectivity index (χ0) is 21.6. The van der Waals surface area contributed by atoms with Crippen LogP contribution in [0, 0.1) is 0 Å². The summed E-state index contributed by atoms with van der Waals surface area (Å²) in [6, 6.07) is 6.14. The van der Waals surface area contributed by atoms with Crippen LogP contribution >= 0.6 is 0 Å². The highest BCUT2D eigenvalue weighted by atomic mass is 19.4. The van der Waals surface area contributed by atoms with Crippen LogP contribution in [0.25, 0.3) is 5.52 Å². The standard InChI is InChI=1S/C12H16N4O.C7H5F3N2O/c1-13-10-9-14-16-4-2-3-11(16)12(10)15-5-7-17-8-6-15;8-7(9,10)6-3-5(12-4-13)1-2-11-6/h2-4,9,13H,5-8H2,1H3;1-4H,(H,11,12,13). The number of fused-ring (bicyclic) bond motifs is 1. The van der Waals surface area contributed by atoms with Crippen LogP contribution in [0.4, 0.5) is 30.2 Å². The average Bonchev–Trinajstić information content (AvgIpc) is 3.23. The number of hydrogen-bond acceptors (Lipinski definition) is 6. The van der Waals surface area contributed by atoms with E-state index >= 15 is 0 Å². The van der Waals surface area contributed by atoms with Gasteiger partial charge in [-0.15, -0.1) is 0 Å². The number of aromatic nitrogens is 3. The zero-order valence-electron chi connectivity index (χ0n) is 16.2. The number of halogens is 3. The Kier molecular flexibility index (Phi) is 6.72. The Bertz CT molecular complexity index is 986. The Hall–Kier alpha value is -3.34. The molecule has 0 saturated carbocycles. The summed E-state index contributed by atoms with van der Waals surface area (Å²) in [5, 5.41) is 9.68. The maximum absolute atomic E-state index is 12.0. The molecule has 4 heterocycles. The Morgan fingerprint density at radius 2 is 2.00 bits per heavy atom. The maximum atomic E-state index is 12.0. The molecular weight excluding hydrogens is 401 g/mol. The number of carbonyl (C=O) groups excluding carboxylic acids is 1. The number of amides is 1. The fourth-order valence-corrected chi connectivity index (χ4v) is 3.03. The minimum atomic E-state index is -4.49. The predicted octanol–water partition coefficient (Wildman–Crippen LogP) is 2.88. The lowest BCUT2D eigenvalue weighted by Crippen LogP contribution is -2.37. The van der Waals surface area contributed by atoms with Crippen LogP contribution in [-0.4, -0.2) is 54.4 Å². The number of anilines is 3. The molecule has 11 heteroatoms. The molecule has 160 valence electrons. The third kappa shape index (κ3) is 4.98. The molecule has 0 aliphatic carbocycles. The quantitative estimate of drug-likeness (QED) is 0.629. The molecular formula is C19H21F3N6O2. The first kappa shape index (κ1) is 21.4. The normalized spacial score (nSPS) is 14.1. The van der Waals surface area contributed by atoms with Gasteiger partial charge in [0, 0.05) is 38.2 Å². The third-order valence-corrected chi connectivity index (χ3v) is 4.41. The van der Waals surface area contributed by atoms with Crippen molar-refractivity contribution >= 4 is 29.0 Å². The summed E-state index contributed by atoms with van der Waals surface area (Å²) in [7, 11) is 1.93. The van der Waals surface area contributed by atoms with E-state index in [1.165, 1.54) is 11.8 Å². The second-order valence-corrected chi connectivity index (χ2v) is 6.28. The molecule has 1 amide bonds. The van der Waals surface area contributed by atoms with Crippen molar-refractivity contribution in [2.45, 2.75) is 6.18 Å². The number of pyridine rings is 1. The Morgan fingerprint density at radius 3 is 2.67 bits per heavy atom. The van der Waals surface area contributed by atoms with Crippen LogP contribution in [0.15, 0.2) is 42.9 Å². The smallest absolute Gasteiger partial charge is 0.385 e. The monoisotopic (exact) mass is 422 g/mol. The number of nitrogens with one attached hydrogen (secondary N) is 2. The van der Waals surface area contributed by atoms with Gasteiger partial charge in [-0.05, 0) is 24.3 Å². The van der Waals surface area contributed by atoms with Gasteiger partial charge in [0.25, 0.3) is 0 Å². The summed E-state index contributed by atoms with van der Waals surface area (Å²) in [6.45, 7) is 3.44. The first-order chi connectivity index (χ1) is 14.4. The summed E-state index contributed by atoms with van der Waals surface area (Å²) in [5.41, 5.74) is 2.46. The zero-order valence-corrected chi connectivity index (χ0v) is 16.2. The second kappa shape index (κ2) is 9.44. The molecule has 8 nitrogen and oxygen atoms in total. The van der Waals surface area contributed by atoms with E-state index in [0.717, 1.165) is 49.8 Å². The average molecular weight is 422 g/mol. The Morgan fingerprint density at radius 1 is 1.23 bits per heavy atom. The van der Waals surface area contributed by atoms with Gasteiger partial charge in [-0.25, -0.2) is 4.52 Å². The maximum Gasteiger partial charge on any atom is 0.433 e. The number of nitrogens with zero attached hydrogens (tertiary/aromatic N) is 4. The van der Waals surface area contributed by atoms with Crippen molar-refractivity contribution in [2.75, 3.05) is 48.9 Å². The summed E-state index contributed by atoms with van der Waals surface area (Å²) in [4.78, 5) is 15.4. The number of morpholine rings is 1. The SMILES string of the molecule is CNc1cnn2cccc2c1N1CCOCC1.O=CNc1ccnc(C(F)(F)F)c1. The van der Waals surface area contributed by atoms with Crippen LogP contribution in [-0.2, 0) is 15.7 Å². The van der Waals surface area contributed by atoms with Gasteiger partial charge in [0.05, 0.1) is 36.3 Å². The van der Waals surface area contributed by atoms with Crippen molar-refractivity contribution in [3.8, 4) is 0 Å². The van der Waals surface area contributed by atoms with Crippen molar-refractivity contribution in [3.63, 3.8) is 0 Å². The topological polar surface area (TPSA) is 83.8 Å². The van der Waals surface area contributed by atoms with E-state index in [4.69, 9.17) is 4.74 Å². The molecule has 1 aliphatic heterocycles. The molecule has 0 atom stereocenters. The van der Waals surface area contributed by atoms with E-state index in [-0.39, 0.29) is 5.69 Å². The summed E-state index contributed by atoms with van der Waals surface area (Å²) >= 11 is 0. The highest BCUT2D eigenvalue weighted by molar-refractivity contribution is 5.85. The van der Waals surface area contributed by atoms with E-state index in [1.54, 1.807) is 0 Å². The van der Waals surface area contributed by atoms with Crippen molar-refractivity contribution in [1.29, 1.82) is 0 Å². The number of rotatable bonds is 4. The summed E-state index contributed by atoms with van der Waals surface area (Å²) in [5.74, 6) is 0. The van der Waals surface area contributed by atoms with Crippen molar-refractivity contribution in [2.24, 2.45) is 0 Å². The lowest BCUT2D eigenvalue weighted by Gasteiger charge is -2.30.